The Morgan fingerprint density at radius 3 is 1.93 bits per heavy atom. The number of benzene rings is 5. The van der Waals surface area contributed by atoms with E-state index in [-0.39, 0.29) is 0 Å². The van der Waals surface area contributed by atoms with E-state index < -0.39 is 0 Å². The Balaban J connectivity index is 1.93. The van der Waals surface area contributed by atoms with Crippen LogP contribution < -0.4 is 0 Å². The van der Waals surface area contributed by atoms with Gasteiger partial charge in [-0.25, -0.2) is 0 Å². The van der Waals surface area contributed by atoms with Gasteiger partial charge in [-0.3, -0.25) is 0 Å². The Kier molecular flexibility index (Phi) is 3.65. The minimum atomic E-state index is 0.330. The first-order valence-electron chi connectivity index (χ1n) is 9.11. The molecule has 0 fully saturated rings. The van der Waals surface area contributed by atoms with Crippen molar-refractivity contribution < 1.29 is 5.11 Å². The molecule has 0 aliphatic carbocycles. The summed E-state index contributed by atoms with van der Waals surface area (Å²) in [6, 6.07) is 35.0. The van der Waals surface area contributed by atoms with E-state index in [1.165, 1.54) is 5.39 Å². The molecule has 0 aliphatic rings. The highest BCUT2D eigenvalue weighted by molar-refractivity contribution is 6.10. The fourth-order valence-electron chi connectivity index (χ4n) is 3.89. The predicted octanol–water partition coefficient (Wildman–Crippen LogP) is 7.03. The summed E-state index contributed by atoms with van der Waals surface area (Å²) in [6.45, 7) is 0. The summed E-state index contributed by atoms with van der Waals surface area (Å²) in [7, 11) is 0. The second kappa shape index (κ2) is 6.30. The summed E-state index contributed by atoms with van der Waals surface area (Å²) in [6.07, 6.45) is 0. The molecule has 5 aromatic rings. The molecule has 0 unspecified atom stereocenters. The minimum Gasteiger partial charge on any atom is -0.507 e. The molecule has 1 heteroatoms. The molecule has 0 bridgehead atoms. The van der Waals surface area contributed by atoms with Crippen LogP contribution in [0.25, 0.3) is 43.8 Å². The average Bonchev–Trinajstić information content (AvgIpc) is 2.74. The third-order valence-corrected chi connectivity index (χ3v) is 5.17. The van der Waals surface area contributed by atoms with E-state index in [0.717, 1.165) is 38.4 Å². The topological polar surface area (TPSA) is 20.2 Å². The van der Waals surface area contributed by atoms with Gasteiger partial charge in [0.2, 0.25) is 0 Å². The van der Waals surface area contributed by atoms with Gasteiger partial charge in [-0.05, 0) is 38.7 Å². The van der Waals surface area contributed by atoms with Gasteiger partial charge in [-0.15, -0.1) is 0 Å². The van der Waals surface area contributed by atoms with E-state index in [1.807, 2.05) is 54.6 Å². The average molecular weight is 346 g/mol. The van der Waals surface area contributed by atoms with Gasteiger partial charge >= 0.3 is 0 Å². The van der Waals surface area contributed by atoms with Gasteiger partial charge in [0.15, 0.2) is 0 Å². The monoisotopic (exact) mass is 346 g/mol. The normalized spacial score (nSPS) is 11.1. The lowest BCUT2D eigenvalue weighted by molar-refractivity contribution is 0.480. The SMILES string of the molecule is Oc1c(-c2ccccc2)cc2ccccc2c1-c1cccc2ccccc12. The zero-order valence-electron chi connectivity index (χ0n) is 14.8. The molecule has 0 atom stereocenters. The van der Waals surface area contributed by atoms with Gasteiger partial charge in [0.1, 0.15) is 5.75 Å². The van der Waals surface area contributed by atoms with E-state index in [0.29, 0.717) is 5.75 Å². The Hall–Kier alpha value is -3.58. The van der Waals surface area contributed by atoms with Crippen LogP contribution in [0.1, 0.15) is 0 Å². The maximum Gasteiger partial charge on any atom is 0.131 e. The molecule has 0 saturated carbocycles. The predicted molar refractivity (Wildman–Crippen MR) is 114 cm³/mol. The Morgan fingerprint density at radius 1 is 0.481 bits per heavy atom. The molecule has 0 amide bonds. The molecule has 0 spiro atoms. The van der Waals surface area contributed by atoms with E-state index in [4.69, 9.17) is 0 Å². The third kappa shape index (κ3) is 2.56. The highest BCUT2D eigenvalue weighted by Gasteiger charge is 2.17. The molecular weight excluding hydrogens is 328 g/mol. The highest BCUT2D eigenvalue weighted by atomic mass is 16.3. The van der Waals surface area contributed by atoms with Gasteiger partial charge in [0, 0.05) is 11.1 Å². The largest absolute Gasteiger partial charge is 0.507 e. The fourth-order valence-corrected chi connectivity index (χ4v) is 3.89. The molecule has 5 aromatic carbocycles. The van der Waals surface area contributed by atoms with Gasteiger partial charge < -0.3 is 5.11 Å². The number of phenols is 1. The number of phenolic OH excluding ortho intramolecular Hbond substituents is 1. The van der Waals surface area contributed by atoms with Crippen molar-refractivity contribution in [1.29, 1.82) is 0 Å². The van der Waals surface area contributed by atoms with Crippen molar-refractivity contribution in [2.45, 2.75) is 0 Å². The molecule has 5 rings (SSSR count). The van der Waals surface area contributed by atoms with Crippen molar-refractivity contribution in [2.75, 3.05) is 0 Å². The summed E-state index contributed by atoms with van der Waals surface area (Å²) in [5.41, 5.74) is 3.82. The lowest BCUT2D eigenvalue weighted by Gasteiger charge is -2.16. The highest BCUT2D eigenvalue weighted by Crippen LogP contribution is 2.45. The first-order chi connectivity index (χ1) is 13.3. The molecule has 27 heavy (non-hydrogen) atoms. The summed E-state index contributed by atoms with van der Waals surface area (Å²) in [5.74, 6) is 0.330. The summed E-state index contributed by atoms with van der Waals surface area (Å²) in [5, 5.41) is 15.9. The molecule has 1 N–H and O–H groups in total. The van der Waals surface area contributed by atoms with Crippen molar-refractivity contribution >= 4 is 21.5 Å². The standard InChI is InChI=1S/C26H18O/c27-26-24(19-9-2-1-3-10-19)17-20-12-5-7-15-22(20)25(26)23-16-8-13-18-11-4-6-14-21(18)23/h1-17,27H. The number of hydrogen-bond acceptors (Lipinski definition) is 1. The van der Waals surface area contributed by atoms with Crippen LogP contribution in [0.5, 0.6) is 5.75 Å². The van der Waals surface area contributed by atoms with Crippen LogP contribution in [0.15, 0.2) is 103 Å². The Morgan fingerprint density at radius 2 is 1.11 bits per heavy atom. The van der Waals surface area contributed by atoms with Crippen molar-refractivity contribution in [2.24, 2.45) is 0 Å². The first-order valence-corrected chi connectivity index (χ1v) is 9.11. The molecular formula is C26H18O. The molecule has 0 heterocycles. The van der Waals surface area contributed by atoms with E-state index in [2.05, 4.69) is 48.5 Å². The van der Waals surface area contributed by atoms with Crippen LogP contribution in [-0.4, -0.2) is 5.11 Å². The molecule has 0 saturated heterocycles. The van der Waals surface area contributed by atoms with Gasteiger partial charge in [0.25, 0.3) is 0 Å². The maximum atomic E-state index is 11.4. The van der Waals surface area contributed by atoms with Crippen LogP contribution in [0.3, 0.4) is 0 Å². The quantitative estimate of drug-likeness (QED) is 0.364. The Labute approximate surface area is 158 Å². The van der Waals surface area contributed by atoms with Gasteiger partial charge in [0.05, 0.1) is 0 Å². The second-order valence-corrected chi connectivity index (χ2v) is 6.76. The van der Waals surface area contributed by atoms with Crippen molar-refractivity contribution in [3.8, 4) is 28.0 Å². The Bertz CT molecular complexity index is 1260. The minimum absolute atomic E-state index is 0.330. The van der Waals surface area contributed by atoms with E-state index >= 15 is 0 Å². The van der Waals surface area contributed by atoms with Gasteiger partial charge in [-0.1, -0.05) is 97.1 Å². The van der Waals surface area contributed by atoms with Crippen molar-refractivity contribution in [3.63, 3.8) is 0 Å². The second-order valence-electron chi connectivity index (χ2n) is 6.76. The smallest absolute Gasteiger partial charge is 0.131 e. The van der Waals surface area contributed by atoms with Crippen LogP contribution in [0, 0.1) is 0 Å². The van der Waals surface area contributed by atoms with E-state index in [9.17, 15) is 5.11 Å². The molecule has 0 aromatic heterocycles. The molecule has 0 radical (unpaired) electrons. The lowest BCUT2D eigenvalue weighted by Crippen LogP contribution is -1.89. The van der Waals surface area contributed by atoms with Crippen LogP contribution in [0.4, 0.5) is 0 Å². The van der Waals surface area contributed by atoms with E-state index in [1.54, 1.807) is 0 Å². The van der Waals surface area contributed by atoms with Crippen LogP contribution >= 0.6 is 0 Å². The zero-order valence-corrected chi connectivity index (χ0v) is 14.8. The third-order valence-electron chi connectivity index (χ3n) is 5.17. The maximum absolute atomic E-state index is 11.4. The number of rotatable bonds is 2. The van der Waals surface area contributed by atoms with Crippen molar-refractivity contribution in [3.05, 3.63) is 103 Å². The number of hydrogen-bond donors (Lipinski definition) is 1. The number of aromatic hydroxyl groups is 1. The van der Waals surface area contributed by atoms with Crippen LogP contribution in [0.2, 0.25) is 0 Å². The summed E-state index contributed by atoms with van der Waals surface area (Å²) in [4.78, 5) is 0. The molecule has 1 nitrogen and oxygen atoms in total. The zero-order chi connectivity index (χ0) is 18.2. The van der Waals surface area contributed by atoms with Crippen LogP contribution in [-0.2, 0) is 0 Å². The van der Waals surface area contributed by atoms with Crippen molar-refractivity contribution in [1.82, 2.24) is 0 Å². The fraction of sp³-hybridized carbons (Fsp3) is 0. The lowest BCUT2D eigenvalue weighted by atomic mass is 9.89. The molecule has 0 aliphatic heterocycles. The summed E-state index contributed by atoms with van der Waals surface area (Å²) >= 11 is 0. The van der Waals surface area contributed by atoms with Gasteiger partial charge in [-0.2, -0.15) is 0 Å². The molecule has 128 valence electrons. The summed E-state index contributed by atoms with van der Waals surface area (Å²) < 4.78 is 0. The first kappa shape index (κ1) is 15.7. The number of fused-ring (bicyclic) bond motifs is 2.